The van der Waals surface area contributed by atoms with Crippen LogP contribution in [0.15, 0.2) is 48.2 Å². The zero-order valence-corrected chi connectivity index (χ0v) is 19.0. The van der Waals surface area contributed by atoms with Crippen molar-refractivity contribution in [3.8, 4) is 0 Å². The fraction of sp³-hybridized carbons (Fsp3) is 0.385. The normalized spacial score (nSPS) is 14.0. The van der Waals surface area contributed by atoms with E-state index in [1.54, 1.807) is 0 Å². The number of ether oxygens (including phenoxy) is 1. The number of hydrogen-bond donors (Lipinski definition) is 1. The number of anilines is 1. The van der Waals surface area contributed by atoms with E-state index in [9.17, 15) is 9.59 Å². The van der Waals surface area contributed by atoms with Gasteiger partial charge in [-0.2, -0.15) is 0 Å². The predicted octanol–water partition coefficient (Wildman–Crippen LogP) is 5.01. The molecule has 0 unspecified atom stereocenters. The van der Waals surface area contributed by atoms with Crippen LogP contribution >= 0.6 is 0 Å². The van der Waals surface area contributed by atoms with E-state index in [2.05, 4.69) is 12.2 Å². The number of rotatable bonds is 10. The van der Waals surface area contributed by atoms with Crippen LogP contribution in [0.3, 0.4) is 0 Å². The van der Waals surface area contributed by atoms with Crippen molar-refractivity contribution in [3.63, 3.8) is 0 Å². The highest BCUT2D eigenvalue weighted by molar-refractivity contribution is 6.36. The first kappa shape index (κ1) is 22.8. The van der Waals surface area contributed by atoms with Gasteiger partial charge in [0, 0.05) is 25.4 Å². The summed E-state index contributed by atoms with van der Waals surface area (Å²) >= 11 is 0. The van der Waals surface area contributed by atoms with E-state index >= 15 is 0 Å². The van der Waals surface area contributed by atoms with Crippen LogP contribution in [-0.2, 0) is 14.3 Å². The average molecular weight is 421 g/mol. The highest BCUT2D eigenvalue weighted by atomic mass is 16.5. The Morgan fingerprint density at radius 3 is 2.26 bits per heavy atom. The van der Waals surface area contributed by atoms with Crippen molar-refractivity contribution < 1.29 is 14.3 Å². The Hall–Kier alpha value is -2.92. The van der Waals surface area contributed by atoms with E-state index in [4.69, 9.17) is 4.74 Å². The fourth-order valence-corrected chi connectivity index (χ4v) is 3.56. The summed E-state index contributed by atoms with van der Waals surface area (Å²) in [5.74, 6) is -0.537. The maximum absolute atomic E-state index is 13.3. The third-order valence-electron chi connectivity index (χ3n) is 5.47. The Labute approximate surface area is 185 Å². The molecule has 0 aliphatic carbocycles. The summed E-state index contributed by atoms with van der Waals surface area (Å²) in [6.45, 7) is 9.71. The number of aryl methyl sites for hydroxylation is 3. The Bertz CT molecular complexity index is 977. The molecule has 1 aliphatic rings. The zero-order valence-electron chi connectivity index (χ0n) is 19.0. The van der Waals surface area contributed by atoms with E-state index in [0.29, 0.717) is 37.4 Å². The van der Waals surface area contributed by atoms with Gasteiger partial charge in [0.15, 0.2) is 0 Å². The smallest absolute Gasteiger partial charge is 0.278 e. The van der Waals surface area contributed by atoms with Crippen LogP contribution in [0.4, 0.5) is 5.69 Å². The third kappa shape index (κ3) is 5.42. The molecule has 3 rings (SSSR count). The molecule has 1 aliphatic heterocycles. The number of carbonyl (C=O) groups excluding carboxylic acids is 2. The summed E-state index contributed by atoms with van der Waals surface area (Å²) in [7, 11) is 0. The molecule has 0 atom stereocenters. The van der Waals surface area contributed by atoms with Crippen LogP contribution in [0.1, 0.15) is 48.4 Å². The topological polar surface area (TPSA) is 58.6 Å². The maximum Gasteiger partial charge on any atom is 0.278 e. The van der Waals surface area contributed by atoms with Crippen molar-refractivity contribution in [3.05, 3.63) is 70.4 Å². The van der Waals surface area contributed by atoms with Crippen molar-refractivity contribution >= 4 is 23.1 Å². The number of carbonyl (C=O) groups is 2. The second-order valence-corrected chi connectivity index (χ2v) is 8.14. The molecule has 0 spiro atoms. The van der Waals surface area contributed by atoms with Crippen LogP contribution in [0.25, 0.3) is 5.57 Å². The summed E-state index contributed by atoms with van der Waals surface area (Å²) in [6.07, 6.45) is 2.73. The van der Waals surface area contributed by atoms with Crippen LogP contribution in [0, 0.1) is 20.8 Å². The minimum atomic E-state index is -0.282. The number of imide groups is 1. The highest BCUT2D eigenvalue weighted by Crippen LogP contribution is 2.31. The molecule has 1 heterocycles. The summed E-state index contributed by atoms with van der Waals surface area (Å²) in [4.78, 5) is 27.9. The van der Waals surface area contributed by atoms with Gasteiger partial charge in [-0.3, -0.25) is 14.5 Å². The first-order valence-electron chi connectivity index (χ1n) is 11.0. The van der Waals surface area contributed by atoms with Gasteiger partial charge in [-0.15, -0.1) is 0 Å². The third-order valence-corrected chi connectivity index (χ3v) is 5.47. The average Bonchev–Trinajstić information content (AvgIpc) is 2.98. The molecule has 2 aromatic carbocycles. The minimum absolute atomic E-state index is 0.254. The lowest BCUT2D eigenvalue weighted by Crippen LogP contribution is -2.34. The van der Waals surface area contributed by atoms with Gasteiger partial charge in [0.05, 0.1) is 5.57 Å². The summed E-state index contributed by atoms with van der Waals surface area (Å²) in [5, 5.41) is 3.28. The molecule has 31 heavy (non-hydrogen) atoms. The molecule has 0 fully saturated rings. The Balaban J connectivity index is 1.86. The van der Waals surface area contributed by atoms with Crippen LogP contribution in [0.2, 0.25) is 0 Å². The lowest BCUT2D eigenvalue weighted by Gasteiger charge is -2.16. The van der Waals surface area contributed by atoms with Gasteiger partial charge in [0.2, 0.25) is 0 Å². The number of nitrogens with one attached hydrogen (secondary N) is 1. The Morgan fingerprint density at radius 1 is 0.871 bits per heavy atom. The molecule has 2 aromatic rings. The van der Waals surface area contributed by atoms with Gasteiger partial charge in [0.1, 0.15) is 5.70 Å². The van der Waals surface area contributed by atoms with Crippen LogP contribution in [-0.4, -0.2) is 36.5 Å². The number of amides is 2. The number of unbranched alkanes of at least 4 members (excludes halogenated alkanes) is 1. The summed E-state index contributed by atoms with van der Waals surface area (Å²) in [6, 6.07) is 13.8. The van der Waals surface area contributed by atoms with Gasteiger partial charge in [-0.05, 0) is 56.4 Å². The fourth-order valence-electron chi connectivity index (χ4n) is 3.56. The summed E-state index contributed by atoms with van der Waals surface area (Å²) < 4.78 is 5.60. The summed E-state index contributed by atoms with van der Waals surface area (Å²) in [5.41, 5.74) is 5.57. The number of nitrogens with zero attached hydrogens (tertiary/aromatic N) is 1. The quantitative estimate of drug-likeness (QED) is 0.434. The standard InChI is InChI=1S/C26H32N2O3/c1-5-6-15-31-16-7-14-28-25(29)23(21-12-9-18(2)10-13-21)24(26(28)30)27-22-17-19(3)8-11-20(22)4/h8-13,17,27H,5-7,14-16H2,1-4H3. The number of hydrogen-bond acceptors (Lipinski definition) is 4. The van der Waals surface area contributed by atoms with Gasteiger partial charge >= 0.3 is 0 Å². The van der Waals surface area contributed by atoms with E-state index < -0.39 is 0 Å². The first-order chi connectivity index (χ1) is 14.9. The molecule has 0 bridgehead atoms. The van der Waals surface area contributed by atoms with Gasteiger partial charge in [0.25, 0.3) is 11.8 Å². The number of benzene rings is 2. The second kappa shape index (κ2) is 10.4. The lowest BCUT2D eigenvalue weighted by molar-refractivity contribution is -0.137. The maximum atomic E-state index is 13.3. The molecule has 164 valence electrons. The molecule has 2 amide bonds. The molecule has 5 heteroatoms. The predicted molar refractivity (Wildman–Crippen MR) is 125 cm³/mol. The second-order valence-electron chi connectivity index (χ2n) is 8.14. The largest absolute Gasteiger partial charge is 0.381 e. The van der Waals surface area contributed by atoms with E-state index in [0.717, 1.165) is 40.8 Å². The molecule has 1 N–H and O–H groups in total. The lowest BCUT2D eigenvalue weighted by atomic mass is 10.0. The van der Waals surface area contributed by atoms with Crippen molar-refractivity contribution in [1.29, 1.82) is 0 Å². The molecule has 0 saturated carbocycles. The van der Waals surface area contributed by atoms with Crippen molar-refractivity contribution in [2.24, 2.45) is 0 Å². The molecule has 0 radical (unpaired) electrons. The van der Waals surface area contributed by atoms with E-state index in [1.807, 2.05) is 63.2 Å². The van der Waals surface area contributed by atoms with Gasteiger partial charge in [-0.1, -0.05) is 55.3 Å². The van der Waals surface area contributed by atoms with Crippen molar-refractivity contribution in [2.45, 2.75) is 47.0 Å². The Morgan fingerprint density at radius 2 is 1.55 bits per heavy atom. The zero-order chi connectivity index (χ0) is 22.4. The van der Waals surface area contributed by atoms with Crippen molar-refractivity contribution in [1.82, 2.24) is 4.90 Å². The molecule has 0 aromatic heterocycles. The monoisotopic (exact) mass is 420 g/mol. The molecular formula is C26H32N2O3. The SMILES string of the molecule is CCCCOCCCN1C(=O)C(Nc2cc(C)ccc2C)=C(c2ccc(C)cc2)C1=O. The minimum Gasteiger partial charge on any atom is -0.381 e. The first-order valence-corrected chi connectivity index (χ1v) is 11.0. The van der Waals surface area contributed by atoms with Crippen molar-refractivity contribution in [2.75, 3.05) is 25.1 Å². The Kier molecular flexibility index (Phi) is 7.64. The van der Waals surface area contributed by atoms with Gasteiger partial charge in [-0.25, -0.2) is 0 Å². The molecule has 0 saturated heterocycles. The molecule has 5 nitrogen and oxygen atoms in total. The van der Waals surface area contributed by atoms with Crippen LogP contribution < -0.4 is 5.32 Å². The van der Waals surface area contributed by atoms with E-state index in [-0.39, 0.29) is 11.8 Å². The highest BCUT2D eigenvalue weighted by Gasteiger charge is 2.39. The van der Waals surface area contributed by atoms with Gasteiger partial charge < -0.3 is 10.1 Å². The molecular weight excluding hydrogens is 388 g/mol. The van der Waals surface area contributed by atoms with Crippen LogP contribution in [0.5, 0.6) is 0 Å². The van der Waals surface area contributed by atoms with E-state index in [1.165, 1.54) is 4.90 Å².